The third kappa shape index (κ3) is 3.22. The average molecular weight is 359 g/mol. The van der Waals surface area contributed by atoms with Gasteiger partial charge in [0, 0.05) is 18.7 Å². The highest BCUT2D eigenvalue weighted by molar-refractivity contribution is 5.76. The Morgan fingerprint density at radius 1 is 1.00 bits per heavy atom. The van der Waals surface area contributed by atoms with Gasteiger partial charge in [-0.2, -0.15) is 0 Å². The third-order valence-corrected chi connectivity index (χ3v) is 4.43. The summed E-state index contributed by atoms with van der Waals surface area (Å²) in [4.78, 5) is 20.0. The number of aromatic nitrogens is 3. The minimum Gasteiger partial charge on any atom is -0.363 e. The minimum absolute atomic E-state index is 0.0190. The number of pyridine rings is 1. The van der Waals surface area contributed by atoms with Gasteiger partial charge in [0.2, 0.25) is 0 Å². The summed E-state index contributed by atoms with van der Waals surface area (Å²) >= 11 is 0. The molecular weight excluding hydrogens is 342 g/mol. The normalized spacial score (nSPS) is 10.9. The Morgan fingerprint density at radius 3 is 2.48 bits per heavy atom. The predicted octanol–water partition coefficient (Wildman–Crippen LogP) is 4.16. The molecule has 134 valence electrons. The molecule has 2 aromatic carbocycles. The number of aryl methyl sites for hydroxylation is 1. The van der Waals surface area contributed by atoms with Crippen molar-refractivity contribution in [2.75, 3.05) is 5.32 Å². The molecule has 0 atom stereocenters. The van der Waals surface area contributed by atoms with E-state index in [2.05, 4.69) is 15.3 Å². The molecule has 0 bridgehead atoms. The molecule has 0 aliphatic heterocycles. The number of imidazole rings is 1. The smallest absolute Gasteiger partial charge is 0.295 e. The van der Waals surface area contributed by atoms with Crippen molar-refractivity contribution in [1.29, 1.82) is 0 Å². The summed E-state index contributed by atoms with van der Waals surface area (Å²) in [6, 6.07) is 20.2. The first-order valence-electron chi connectivity index (χ1n) is 8.48. The van der Waals surface area contributed by atoms with E-state index in [1.54, 1.807) is 6.07 Å². The first-order valence-corrected chi connectivity index (χ1v) is 8.48. The average Bonchev–Trinajstić information content (AvgIpc) is 3.03. The largest absolute Gasteiger partial charge is 0.363 e. The molecule has 27 heavy (non-hydrogen) atoms. The molecule has 0 spiro atoms. The van der Waals surface area contributed by atoms with Crippen LogP contribution in [-0.2, 0) is 13.6 Å². The Hall–Kier alpha value is -3.74. The summed E-state index contributed by atoms with van der Waals surface area (Å²) in [7, 11) is 1.96. The van der Waals surface area contributed by atoms with Gasteiger partial charge in [0.05, 0.1) is 22.5 Å². The van der Waals surface area contributed by atoms with Crippen LogP contribution in [0.2, 0.25) is 0 Å². The molecule has 0 fully saturated rings. The topological polar surface area (TPSA) is 85.9 Å². The molecule has 1 N–H and O–H groups in total. The standard InChI is InChI=1S/C20H17N5O2/c1-24-16-10-6-5-9-15(16)22-19(24)13-21-18-12-11-17(25(26)27)20(23-18)14-7-3-2-4-8-14/h2-12H,13H2,1H3,(H,21,23). The first-order chi connectivity index (χ1) is 13.1. The maximum absolute atomic E-state index is 11.4. The van der Waals surface area contributed by atoms with Crippen LogP contribution in [0.3, 0.4) is 0 Å². The van der Waals surface area contributed by atoms with E-state index >= 15 is 0 Å². The molecule has 0 unspecified atom stereocenters. The van der Waals surface area contributed by atoms with Gasteiger partial charge in [0.15, 0.2) is 5.69 Å². The molecule has 0 radical (unpaired) electrons. The van der Waals surface area contributed by atoms with E-state index in [9.17, 15) is 10.1 Å². The number of hydrogen-bond acceptors (Lipinski definition) is 5. The van der Waals surface area contributed by atoms with Crippen LogP contribution >= 0.6 is 0 Å². The van der Waals surface area contributed by atoms with Crippen molar-refractivity contribution < 1.29 is 4.92 Å². The van der Waals surface area contributed by atoms with Crippen LogP contribution in [0, 0.1) is 10.1 Å². The Labute approximate surface area is 155 Å². The zero-order valence-electron chi connectivity index (χ0n) is 14.7. The van der Waals surface area contributed by atoms with E-state index in [1.165, 1.54) is 6.07 Å². The number of anilines is 1. The molecular formula is C20H17N5O2. The lowest BCUT2D eigenvalue weighted by atomic mass is 10.1. The summed E-state index contributed by atoms with van der Waals surface area (Å²) in [5, 5.41) is 14.6. The molecule has 4 aromatic rings. The lowest BCUT2D eigenvalue weighted by Crippen LogP contribution is -2.07. The number of nitro groups is 1. The first kappa shape index (κ1) is 16.7. The van der Waals surface area contributed by atoms with Crippen molar-refractivity contribution in [2.24, 2.45) is 7.05 Å². The van der Waals surface area contributed by atoms with E-state index in [0.29, 0.717) is 23.6 Å². The maximum Gasteiger partial charge on any atom is 0.295 e. The van der Waals surface area contributed by atoms with Gasteiger partial charge >= 0.3 is 0 Å². The monoisotopic (exact) mass is 359 g/mol. The molecule has 0 saturated heterocycles. The van der Waals surface area contributed by atoms with Crippen molar-refractivity contribution in [3.8, 4) is 11.3 Å². The number of fused-ring (bicyclic) bond motifs is 1. The highest BCUT2D eigenvalue weighted by Crippen LogP contribution is 2.29. The van der Waals surface area contributed by atoms with Gasteiger partial charge in [0.1, 0.15) is 11.6 Å². The van der Waals surface area contributed by atoms with Crippen molar-refractivity contribution in [2.45, 2.75) is 6.54 Å². The van der Waals surface area contributed by atoms with Crippen molar-refractivity contribution in [3.63, 3.8) is 0 Å². The van der Waals surface area contributed by atoms with E-state index in [0.717, 1.165) is 16.9 Å². The van der Waals surface area contributed by atoms with Gasteiger partial charge < -0.3 is 9.88 Å². The zero-order chi connectivity index (χ0) is 18.8. The molecule has 7 heteroatoms. The van der Waals surface area contributed by atoms with Crippen molar-refractivity contribution >= 4 is 22.5 Å². The Kier molecular flexibility index (Phi) is 4.25. The van der Waals surface area contributed by atoms with E-state index < -0.39 is 4.92 Å². The summed E-state index contributed by atoms with van der Waals surface area (Å²) < 4.78 is 2.02. The lowest BCUT2D eigenvalue weighted by molar-refractivity contribution is -0.384. The number of para-hydroxylation sites is 2. The van der Waals surface area contributed by atoms with Crippen molar-refractivity contribution in [3.05, 3.63) is 82.7 Å². The third-order valence-electron chi connectivity index (χ3n) is 4.43. The van der Waals surface area contributed by atoms with Crippen LogP contribution in [0.1, 0.15) is 5.82 Å². The summed E-state index contributed by atoms with van der Waals surface area (Å²) in [6.07, 6.45) is 0. The number of benzene rings is 2. The molecule has 0 aliphatic rings. The van der Waals surface area contributed by atoms with Crippen LogP contribution in [0.25, 0.3) is 22.3 Å². The fourth-order valence-corrected chi connectivity index (χ4v) is 3.03. The van der Waals surface area contributed by atoms with Crippen LogP contribution < -0.4 is 5.32 Å². The number of nitrogens with one attached hydrogen (secondary N) is 1. The molecule has 4 rings (SSSR count). The van der Waals surface area contributed by atoms with Gasteiger partial charge in [-0.25, -0.2) is 9.97 Å². The van der Waals surface area contributed by atoms with Gasteiger partial charge in [-0.15, -0.1) is 0 Å². The summed E-state index contributed by atoms with van der Waals surface area (Å²) in [5.74, 6) is 1.42. The van der Waals surface area contributed by atoms with Crippen LogP contribution in [0.15, 0.2) is 66.7 Å². The van der Waals surface area contributed by atoms with Crippen LogP contribution in [-0.4, -0.2) is 19.5 Å². The Bertz CT molecular complexity index is 1120. The second-order valence-corrected chi connectivity index (χ2v) is 6.12. The van der Waals surface area contributed by atoms with Crippen LogP contribution in [0.5, 0.6) is 0 Å². The second-order valence-electron chi connectivity index (χ2n) is 6.12. The van der Waals surface area contributed by atoms with E-state index in [-0.39, 0.29) is 5.69 Å². The highest BCUT2D eigenvalue weighted by Gasteiger charge is 2.17. The molecule has 2 heterocycles. The molecule has 0 amide bonds. The molecule has 0 saturated carbocycles. The van der Waals surface area contributed by atoms with Crippen LogP contribution in [0.4, 0.5) is 11.5 Å². The van der Waals surface area contributed by atoms with E-state index in [4.69, 9.17) is 0 Å². The van der Waals surface area contributed by atoms with Crippen molar-refractivity contribution in [1.82, 2.24) is 14.5 Å². The SMILES string of the molecule is Cn1c(CNc2ccc([N+](=O)[O-])c(-c3ccccc3)n2)nc2ccccc21. The summed E-state index contributed by atoms with van der Waals surface area (Å²) in [6.45, 7) is 0.463. The van der Waals surface area contributed by atoms with Gasteiger partial charge in [-0.05, 0) is 18.2 Å². The molecule has 2 aromatic heterocycles. The number of nitrogens with zero attached hydrogens (tertiary/aromatic N) is 4. The van der Waals surface area contributed by atoms with Gasteiger partial charge in [-0.1, -0.05) is 42.5 Å². The lowest BCUT2D eigenvalue weighted by Gasteiger charge is -2.08. The van der Waals surface area contributed by atoms with Gasteiger partial charge in [0.25, 0.3) is 5.69 Å². The number of hydrogen-bond donors (Lipinski definition) is 1. The predicted molar refractivity (Wildman–Crippen MR) is 104 cm³/mol. The zero-order valence-corrected chi connectivity index (χ0v) is 14.7. The highest BCUT2D eigenvalue weighted by atomic mass is 16.6. The van der Waals surface area contributed by atoms with E-state index in [1.807, 2.05) is 66.2 Å². The maximum atomic E-state index is 11.4. The molecule has 0 aliphatic carbocycles. The fourth-order valence-electron chi connectivity index (χ4n) is 3.03. The second kappa shape index (κ2) is 6.87. The minimum atomic E-state index is -0.412. The quantitative estimate of drug-likeness (QED) is 0.427. The summed E-state index contributed by atoms with van der Waals surface area (Å²) in [5.41, 5.74) is 3.01. The number of rotatable bonds is 5. The molecule has 7 nitrogen and oxygen atoms in total. The Morgan fingerprint density at radius 2 is 1.74 bits per heavy atom. The Balaban J connectivity index is 1.64. The van der Waals surface area contributed by atoms with Gasteiger partial charge in [-0.3, -0.25) is 10.1 Å². The fraction of sp³-hybridized carbons (Fsp3) is 0.100.